The SMILES string of the molecule is O=C(O)N(Cc1ccc([N+](=O)[O-])cc1)CC1CCNCC1. The number of carboxylic acid groups (broad SMARTS) is 1. The van der Waals surface area contributed by atoms with Gasteiger partial charge in [0.05, 0.1) is 4.92 Å². The number of nitrogens with one attached hydrogen (secondary N) is 1. The number of hydrogen-bond donors (Lipinski definition) is 2. The summed E-state index contributed by atoms with van der Waals surface area (Å²) in [6.07, 6.45) is 1.00. The van der Waals surface area contributed by atoms with Gasteiger partial charge in [-0.15, -0.1) is 0 Å². The van der Waals surface area contributed by atoms with Crippen LogP contribution in [0, 0.1) is 16.0 Å². The number of non-ortho nitro benzene ring substituents is 1. The zero-order chi connectivity index (χ0) is 15.2. The molecule has 2 rings (SSSR count). The van der Waals surface area contributed by atoms with Gasteiger partial charge in [-0.2, -0.15) is 0 Å². The molecule has 1 saturated heterocycles. The van der Waals surface area contributed by atoms with Gasteiger partial charge < -0.3 is 15.3 Å². The van der Waals surface area contributed by atoms with Gasteiger partial charge in [0.25, 0.3) is 5.69 Å². The fourth-order valence-corrected chi connectivity index (χ4v) is 2.53. The molecule has 7 nitrogen and oxygen atoms in total. The molecule has 7 heteroatoms. The average molecular weight is 293 g/mol. The van der Waals surface area contributed by atoms with Crippen LogP contribution in [-0.4, -0.2) is 40.7 Å². The zero-order valence-corrected chi connectivity index (χ0v) is 11.7. The summed E-state index contributed by atoms with van der Waals surface area (Å²) in [6, 6.07) is 6.02. The van der Waals surface area contributed by atoms with Crippen LogP contribution >= 0.6 is 0 Å². The van der Waals surface area contributed by atoms with Gasteiger partial charge in [0, 0.05) is 25.2 Å². The largest absolute Gasteiger partial charge is 0.465 e. The van der Waals surface area contributed by atoms with Gasteiger partial charge in [-0.1, -0.05) is 12.1 Å². The van der Waals surface area contributed by atoms with Crippen LogP contribution in [0.25, 0.3) is 0 Å². The Bertz CT molecular complexity index is 497. The van der Waals surface area contributed by atoms with E-state index in [0.717, 1.165) is 31.5 Å². The van der Waals surface area contributed by atoms with E-state index in [2.05, 4.69) is 5.32 Å². The first-order valence-corrected chi connectivity index (χ1v) is 6.98. The molecule has 0 unspecified atom stereocenters. The number of amides is 1. The topological polar surface area (TPSA) is 95.7 Å². The first-order valence-electron chi connectivity index (χ1n) is 6.98. The lowest BCUT2D eigenvalue weighted by Gasteiger charge is -2.28. The van der Waals surface area contributed by atoms with E-state index in [9.17, 15) is 20.0 Å². The molecule has 1 amide bonds. The van der Waals surface area contributed by atoms with Gasteiger partial charge in [0.2, 0.25) is 0 Å². The maximum atomic E-state index is 11.4. The fourth-order valence-electron chi connectivity index (χ4n) is 2.53. The normalized spacial score (nSPS) is 15.6. The number of nitro benzene ring substituents is 1. The third-order valence-corrected chi connectivity index (χ3v) is 3.73. The molecular weight excluding hydrogens is 274 g/mol. The molecule has 0 bridgehead atoms. The lowest BCUT2D eigenvalue weighted by molar-refractivity contribution is -0.384. The molecule has 1 aromatic rings. The second kappa shape index (κ2) is 7.03. The molecule has 0 aromatic heterocycles. The molecule has 1 heterocycles. The van der Waals surface area contributed by atoms with E-state index in [1.54, 1.807) is 12.1 Å². The predicted molar refractivity (Wildman–Crippen MR) is 77.1 cm³/mol. The van der Waals surface area contributed by atoms with Crippen molar-refractivity contribution < 1.29 is 14.8 Å². The number of carbonyl (C=O) groups is 1. The van der Waals surface area contributed by atoms with Crippen LogP contribution < -0.4 is 5.32 Å². The van der Waals surface area contributed by atoms with Crippen LogP contribution in [0.5, 0.6) is 0 Å². The van der Waals surface area contributed by atoms with Crippen molar-refractivity contribution in [3.8, 4) is 0 Å². The summed E-state index contributed by atoms with van der Waals surface area (Å²) in [7, 11) is 0. The van der Waals surface area contributed by atoms with Crippen LogP contribution in [0.3, 0.4) is 0 Å². The highest BCUT2D eigenvalue weighted by atomic mass is 16.6. The first kappa shape index (κ1) is 15.2. The summed E-state index contributed by atoms with van der Waals surface area (Å²) >= 11 is 0. The van der Waals surface area contributed by atoms with E-state index in [0.29, 0.717) is 12.5 Å². The summed E-state index contributed by atoms with van der Waals surface area (Å²) in [5, 5.41) is 23.2. The molecule has 2 N–H and O–H groups in total. The molecule has 1 fully saturated rings. The van der Waals surface area contributed by atoms with E-state index in [1.807, 2.05) is 0 Å². The van der Waals surface area contributed by atoms with Crippen molar-refractivity contribution in [3.05, 3.63) is 39.9 Å². The van der Waals surface area contributed by atoms with E-state index in [-0.39, 0.29) is 12.2 Å². The predicted octanol–water partition coefficient (Wildman–Crippen LogP) is 2.07. The smallest absolute Gasteiger partial charge is 0.407 e. The van der Waals surface area contributed by atoms with Gasteiger partial charge in [-0.05, 0) is 37.4 Å². The first-order chi connectivity index (χ1) is 10.1. The Labute approximate surface area is 122 Å². The number of nitro groups is 1. The number of piperidine rings is 1. The highest BCUT2D eigenvalue weighted by Crippen LogP contribution is 2.17. The van der Waals surface area contributed by atoms with Crippen LogP contribution in [0.2, 0.25) is 0 Å². The Balaban J connectivity index is 1.98. The average Bonchev–Trinajstić information content (AvgIpc) is 2.48. The van der Waals surface area contributed by atoms with Crippen molar-refractivity contribution in [3.63, 3.8) is 0 Å². The highest BCUT2D eigenvalue weighted by Gasteiger charge is 2.20. The molecule has 1 aliphatic rings. The van der Waals surface area contributed by atoms with E-state index < -0.39 is 11.0 Å². The lowest BCUT2D eigenvalue weighted by Crippen LogP contribution is -2.38. The monoisotopic (exact) mass is 293 g/mol. The molecule has 0 radical (unpaired) electrons. The van der Waals surface area contributed by atoms with Crippen molar-refractivity contribution in [2.45, 2.75) is 19.4 Å². The maximum absolute atomic E-state index is 11.4. The van der Waals surface area contributed by atoms with Crippen molar-refractivity contribution in [2.75, 3.05) is 19.6 Å². The van der Waals surface area contributed by atoms with Crippen molar-refractivity contribution in [2.24, 2.45) is 5.92 Å². The highest BCUT2D eigenvalue weighted by molar-refractivity contribution is 5.65. The van der Waals surface area contributed by atoms with Crippen molar-refractivity contribution >= 4 is 11.8 Å². The fraction of sp³-hybridized carbons (Fsp3) is 0.500. The Morgan fingerprint density at radius 1 is 1.33 bits per heavy atom. The van der Waals surface area contributed by atoms with Gasteiger partial charge in [0.15, 0.2) is 0 Å². The number of nitrogens with zero attached hydrogens (tertiary/aromatic N) is 2. The quantitative estimate of drug-likeness (QED) is 0.640. The molecule has 114 valence electrons. The minimum Gasteiger partial charge on any atom is -0.465 e. The molecule has 1 aliphatic heterocycles. The van der Waals surface area contributed by atoms with Gasteiger partial charge >= 0.3 is 6.09 Å². The molecule has 0 aliphatic carbocycles. The maximum Gasteiger partial charge on any atom is 0.407 e. The summed E-state index contributed by atoms with van der Waals surface area (Å²) in [5.41, 5.74) is 0.774. The van der Waals surface area contributed by atoms with Crippen molar-refractivity contribution in [1.82, 2.24) is 10.2 Å². The summed E-state index contributed by atoms with van der Waals surface area (Å²) in [4.78, 5) is 22.9. The molecule has 0 spiro atoms. The Hall–Kier alpha value is -2.15. The van der Waals surface area contributed by atoms with Crippen LogP contribution in [0.15, 0.2) is 24.3 Å². The van der Waals surface area contributed by atoms with Crippen LogP contribution in [-0.2, 0) is 6.54 Å². The summed E-state index contributed by atoms with van der Waals surface area (Å²) < 4.78 is 0. The lowest BCUT2D eigenvalue weighted by atomic mass is 9.97. The number of rotatable bonds is 5. The van der Waals surface area contributed by atoms with E-state index >= 15 is 0 Å². The van der Waals surface area contributed by atoms with Crippen LogP contribution in [0.4, 0.5) is 10.5 Å². The summed E-state index contributed by atoms with van der Waals surface area (Å²) in [6.45, 7) is 2.62. The molecule has 1 aromatic carbocycles. The Morgan fingerprint density at radius 3 is 2.48 bits per heavy atom. The summed E-state index contributed by atoms with van der Waals surface area (Å²) in [5.74, 6) is 0.375. The Kier molecular flexibility index (Phi) is 5.10. The number of hydrogen-bond acceptors (Lipinski definition) is 4. The second-order valence-electron chi connectivity index (χ2n) is 5.28. The minimum atomic E-state index is -0.952. The standard InChI is InChI=1S/C14H19N3O4/c18-14(19)16(10-12-5-7-15-8-6-12)9-11-1-3-13(4-2-11)17(20)21/h1-4,12,15H,5-10H2,(H,18,19). The van der Waals surface area contributed by atoms with Gasteiger partial charge in [-0.3, -0.25) is 10.1 Å². The third-order valence-electron chi connectivity index (χ3n) is 3.73. The van der Waals surface area contributed by atoms with Gasteiger partial charge in [-0.25, -0.2) is 4.79 Å². The number of benzene rings is 1. The molecular formula is C14H19N3O4. The van der Waals surface area contributed by atoms with Gasteiger partial charge in [0.1, 0.15) is 0 Å². The third kappa shape index (κ3) is 4.42. The van der Waals surface area contributed by atoms with E-state index in [1.165, 1.54) is 17.0 Å². The molecule has 0 saturated carbocycles. The zero-order valence-electron chi connectivity index (χ0n) is 11.7. The van der Waals surface area contributed by atoms with E-state index in [4.69, 9.17) is 0 Å². The Morgan fingerprint density at radius 2 is 1.95 bits per heavy atom. The molecule has 21 heavy (non-hydrogen) atoms. The van der Waals surface area contributed by atoms with Crippen molar-refractivity contribution in [1.29, 1.82) is 0 Å². The van der Waals surface area contributed by atoms with Crippen LogP contribution in [0.1, 0.15) is 18.4 Å². The minimum absolute atomic E-state index is 0.0129. The molecule has 0 atom stereocenters. The second-order valence-corrected chi connectivity index (χ2v) is 5.28.